The Balaban J connectivity index is 1.42. The van der Waals surface area contributed by atoms with E-state index in [-0.39, 0.29) is 33.8 Å². The van der Waals surface area contributed by atoms with Crippen LogP contribution in [0.4, 0.5) is 17.5 Å². The summed E-state index contributed by atoms with van der Waals surface area (Å²) >= 11 is 7.43. The number of aromatic nitrogens is 4. The van der Waals surface area contributed by atoms with Crippen LogP contribution in [-0.4, -0.2) is 46.1 Å². The molecule has 182 valence electrons. The summed E-state index contributed by atoms with van der Waals surface area (Å²) in [5, 5.41) is 0.613. The van der Waals surface area contributed by atoms with Gasteiger partial charge in [-0.25, -0.2) is 19.7 Å². The Bertz CT molecular complexity index is 1300. The standard InChI is InChI=1S/C23H25ClN8O2S/c1-34-22(33)16-20(31-19(27)21(30-16)35-14-4-8-29-18(26)15(14)24)32-9-5-23(6-10-32)11-13-12(17(23)25)3-2-7-28-13/h2-4,7-8,17H,5-6,9-11,25H2,1H3,(H2,26,29)(H2,27,31)/t17-/m1/s1. The fourth-order valence-corrected chi connectivity index (χ4v) is 5.93. The SMILES string of the molecule is COC(=O)c1nc(Sc2ccnc(N)c2Cl)c(N)nc1N1CCC2(CC1)Cc1ncccc1[C@H]2N. The Labute approximate surface area is 211 Å². The van der Waals surface area contributed by atoms with Crippen molar-refractivity contribution in [2.75, 3.05) is 36.6 Å². The van der Waals surface area contributed by atoms with Crippen LogP contribution in [0.3, 0.4) is 0 Å². The number of ether oxygens (including phenoxy) is 1. The molecule has 0 saturated carbocycles. The second-order valence-corrected chi connectivity index (χ2v) is 10.1. The maximum atomic E-state index is 12.7. The van der Waals surface area contributed by atoms with Gasteiger partial charge in [-0.3, -0.25) is 4.98 Å². The van der Waals surface area contributed by atoms with E-state index in [0.717, 1.165) is 42.3 Å². The van der Waals surface area contributed by atoms with Gasteiger partial charge in [0.1, 0.15) is 10.8 Å². The van der Waals surface area contributed by atoms with Gasteiger partial charge in [0.05, 0.1) is 12.1 Å². The van der Waals surface area contributed by atoms with Crippen LogP contribution in [-0.2, 0) is 11.2 Å². The van der Waals surface area contributed by atoms with Gasteiger partial charge >= 0.3 is 5.97 Å². The lowest BCUT2D eigenvalue weighted by Crippen LogP contribution is -2.45. The van der Waals surface area contributed by atoms with Crippen LogP contribution in [0, 0.1) is 5.41 Å². The highest BCUT2D eigenvalue weighted by Crippen LogP contribution is 2.50. The van der Waals surface area contributed by atoms with Gasteiger partial charge in [0.25, 0.3) is 0 Å². The summed E-state index contributed by atoms with van der Waals surface area (Å²) in [4.78, 5) is 32.9. The molecule has 0 amide bonds. The number of esters is 1. The van der Waals surface area contributed by atoms with Crippen molar-refractivity contribution < 1.29 is 9.53 Å². The van der Waals surface area contributed by atoms with Gasteiger partial charge in [-0.05, 0) is 42.4 Å². The maximum absolute atomic E-state index is 12.7. The smallest absolute Gasteiger partial charge is 0.360 e. The Morgan fingerprint density at radius 2 is 1.94 bits per heavy atom. The molecule has 10 nitrogen and oxygen atoms in total. The predicted molar refractivity (Wildman–Crippen MR) is 134 cm³/mol. The molecule has 0 aromatic carbocycles. The first-order valence-corrected chi connectivity index (χ1v) is 12.3. The molecule has 5 rings (SSSR count). The highest BCUT2D eigenvalue weighted by molar-refractivity contribution is 7.99. The Hall–Kier alpha value is -3.15. The van der Waals surface area contributed by atoms with E-state index in [4.69, 9.17) is 33.5 Å². The topological polar surface area (TPSA) is 159 Å². The van der Waals surface area contributed by atoms with E-state index in [9.17, 15) is 4.79 Å². The van der Waals surface area contributed by atoms with Crippen LogP contribution in [0.25, 0.3) is 0 Å². The number of pyridine rings is 2. The average Bonchev–Trinajstić information content (AvgIpc) is 3.14. The zero-order valence-electron chi connectivity index (χ0n) is 19.1. The summed E-state index contributed by atoms with van der Waals surface area (Å²) in [5.74, 6) is 0.177. The van der Waals surface area contributed by atoms with Crippen LogP contribution in [0.2, 0.25) is 5.02 Å². The summed E-state index contributed by atoms with van der Waals surface area (Å²) < 4.78 is 5.01. The fourth-order valence-electron chi connectivity index (χ4n) is 4.88. The molecule has 1 aliphatic carbocycles. The van der Waals surface area contributed by atoms with Crippen LogP contribution >= 0.6 is 23.4 Å². The van der Waals surface area contributed by atoms with Crippen molar-refractivity contribution in [3.05, 3.63) is 52.6 Å². The molecule has 4 heterocycles. The molecule has 2 aliphatic rings. The number of hydrogen-bond donors (Lipinski definition) is 3. The summed E-state index contributed by atoms with van der Waals surface area (Å²) in [7, 11) is 1.31. The largest absolute Gasteiger partial charge is 0.464 e. The van der Waals surface area contributed by atoms with Gasteiger partial charge in [0, 0.05) is 42.1 Å². The summed E-state index contributed by atoms with van der Waals surface area (Å²) in [6, 6.07) is 5.62. The first kappa shape index (κ1) is 23.6. The predicted octanol–water partition coefficient (Wildman–Crippen LogP) is 2.86. The minimum atomic E-state index is -0.593. The van der Waals surface area contributed by atoms with Gasteiger partial charge < -0.3 is 26.8 Å². The Kier molecular flexibility index (Phi) is 6.16. The molecule has 1 aliphatic heterocycles. The molecular weight excluding hydrogens is 488 g/mol. The zero-order valence-corrected chi connectivity index (χ0v) is 20.6. The third-order valence-corrected chi connectivity index (χ3v) is 8.40. The van der Waals surface area contributed by atoms with Gasteiger partial charge in [-0.15, -0.1) is 0 Å². The number of nitrogens with two attached hydrogens (primary N) is 3. The normalized spacial score (nSPS) is 18.5. The number of anilines is 3. The number of nitrogens with zero attached hydrogens (tertiary/aromatic N) is 5. The van der Waals surface area contributed by atoms with Gasteiger partial charge in [-0.2, -0.15) is 0 Å². The van der Waals surface area contributed by atoms with Crippen molar-refractivity contribution in [3.8, 4) is 0 Å². The average molecular weight is 513 g/mol. The van der Waals surface area contributed by atoms with Crippen LogP contribution in [0.1, 0.15) is 40.6 Å². The second kappa shape index (κ2) is 9.14. The minimum absolute atomic E-state index is 0.0641. The third kappa shape index (κ3) is 4.13. The number of methoxy groups -OCH3 is 1. The molecule has 1 fully saturated rings. The molecule has 12 heteroatoms. The van der Waals surface area contributed by atoms with Crippen molar-refractivity contribution in [1.29, 1.82) is 0 Å². The second-order valence-electron chi connectivity index (χ2n) is 8.73. The molecule has 1 spiro atoms. The quantitative estimate of drug-likeness (QED) is 0.441. The number of rotatable bonds is 4. The lowest BCUT2D eigenvalue weighted by Gasteiger charge is -2.42. The van der Waals surface area contributed by atoms with E-state index >= 15 is 0 Å². The first-order chi connectivity index (χ1) is 16.8. The first-order valence-electron chi connectivity index (χ1n) is 11.1. The lowest BCUT2D eigenvalue weighted by molar-refractivity contribution is 0.0593. The minimum Gasteiger partial charge on any atom is -0.464 e. The van der Waals surface area contributed by atoms with Crippen LogP contribution in [0.15, 0.2) is 40.5 Å². The number of hydrogen-bond acceptors (Lipinski definition) is 11. The summed E-state index contributed by atoms with van der Waals surface area (Å²) in [5.41, 5.74) is 21.0. The molecule has 0 unspecified atom stereocenters. The van der Waals surface area contributed by atoms with E-state index in [0.29, 0.717) is 28.8 Å². The van der Waals surface area contributed by atoms with Crippen molar-refractivity contribution in [2.45, 2.75) is 35.2 Å². The Morgan fingerprint density at radius 1 is 1.17 bits per heavy atom. The maximum Gasteiger partial charge on any atom is 0.360 e. The third-order valence-electron chi connectivity index (χ3n) is 6.84. The van der Waals surface area contributed by atoms with E-state index in [1.807, 2.05) is 17.2 Å². The van der Waals surface area contributed by atoms with E-state index in [2.05, 4.69) is 26.0 Å². The number of fused-ring (bicyclic) bond motifs is 1. The van der Waals surface area contributed by atoms with Crippen molar-refractivity contribution in [1.82, 2.24) is 19.9 Å². The van der Waals surface area contributed by atoms with Crippen molar-refractivity contribution in [2.24, 2.45) is 11.1 Å². The molecule has 3 aromatic rings. The molecule has 1 atom stereocenters. The molecular formula is C23H25ClN8O2S. The lowest BCUT2D eigenvalue weighted by atomic mass is 9.73. The monoisotopic (exact) mass is 512 g/mol. The number of halogens is 1. The van der Waals surface area contributed by atoms with Crippen LogP contribution in [0.5, 0.6) is 0 Å². The highest BCUT2D eigenvalue weighted by Gasteiger charge is 2.47. The summed E-state index contributed by atoms with van der Waals surface area (Å²) in [6.07, 6.45) is 5.85. The van der Waals surface area contributed by atoms with E-state index < -0.39 is 5.97 Å². The fraction of sp³-hybridized carbons (Fsp3) is 0.348. The van der Waals surface area contributed by atoms with Gasteiger partial charge in [-0.1, -0.05) is 29.4 Å². The number of piperidine rings is 1. The zero-order chi connectivity index (χ0) is 24.7. The molecule has 35 heavy (non-hydrogen) atoms. The van der Waals surface area contributed by atoms with Crippen molar-refractivity contribution in [3.63, 3.8) is 0 Å². The highest BCUT2D eigenvalue weighted by atomic mass is 35.5. The number of nitrogen functional groups attached to an aromatic ring is 2. The van der Waals surface area contributed by atoms with Crippen molar-refractivity contribution >= 4 is 46.8 Å². The molecule has 0 radical (unpaired) electrons. The van der Waals surface area contributed by atoms with Crippen LogP contribution < -0.4 is 22.1 Å². The Morgan fingerprint density at radius 3 is 2.66 bits per heavy atom. The van der Waals surface area contributed by atoms with Gasteiger partial charge in [0.15, 0.2) is 17.3 Å². The van der Waals surface area contributed by atoms with Gasteiger partial charge in [0.2, 0.25) is 0 Å². The van der Waals surface area contributed by atoms with E-state index in [1.54, 1.807) is 6.07 Å². The molecule has 0 bridgehead atoms. The number of carbonyl (C=O) groups excluding carboxylic acids is 1. The molecule has 3 aromatic heterocycles. The van der Waals surface area contributed by atoms with E-state index in [1.165, 1.54) is 13.3 Å². The molecule has 1 saturated heterocycles. The number of carbonyl (C=O) groups is 1. The molecule has 6 N–H and O–H groups in total. The summed E-state index contributed by atoms with van der Waals surface area (Å²) in [6.45, 7) is 1.30.